The average Bonchev–Trinajstić information content (AvgIpc) is 3.04. The van der Waals surface area contributed by atoms with Crippen LogP contribution in [-0.4, -0.2) is 14.2 Å². The second kappa shape index (κ2) is 6.13. The Balaban J connectivity index is 1.80. The number of ether oxygens (including phenoxy) is 2. The molecule has 3 rings (SSSR count). The molecule has 0 saturated heterocycles. The zero-order chi connectivity index (χ0) is 15.5. The number of hydrogen-bond donors (Lipinski definition) is 0. The minimum Gasteiger partial charge on any atom is -0.493 e. The van der Waals surface area contributed by atoms with Gasteiger partial charge in [-0.25, -0.2) is 4.39 Å². The lowest BCUT2D eigenvalue weighted by Crippen LogP contribution is -1.98. The van der Waals surface area contributed by atoms with E-state index < -0.39 is 0 Å². The van der Waals surface area contributed by atoms with Crippen molar-refractivity contribution in [2.45, 2.75) is 18.5 Å². The number of halogens is 1. The normalized spacial score (nSPS) is 20.1. The van der Waals surface area contributed by atoms with Crippen LogP contribution in [0, 0.1) is 5.82 Å². The molecule has 114 valence electrons. The number of azo groups is 1. The van der Waals surface area contributed by atoms with E-state index >= 15 is 0 Å². The summed E-state index contributed by atoms with van der Waals surface area (Å²) in [6.07, 6.45) is 0.721. The molecule has 2 atom stereocenters. The summed E-state index contributed by atoms with van der Waals surface area (Å²) in [6.45, 7) is 0. The van der Waals surface area contributed by atoms with Crippen molar-refractivity contribution in [3.63, 3.8) is 0 Å². The molecule has 2 aromatic rings. The Labute approximate surface area is 128 Å². The van der Waals surface area contributed by atoms with Crippen molar-refractivity contribution in [3.05, 3.63) is 59.4 Å². The first-order valence-electron chi connectivity index (χ1n) is 7.08. The monoisotopic (exact) mass is 300 g/mol. The third-order valence-corrected chi connectivity index (χ3v) is 3.82. The van der Waals surface area contributed by atoms with Crippen LogP contribution in [0.15, 0.2) is 52.7 Å². The summed E-state index contributed by atoms with van der Waals surface area (Å²) in [5, 5.41) is 8.62. The van der Waals surface area contributed by atoms with Crippen LogP contribution in [0.3, 0.4) is 0 Å². The standard InChI is InChI=1S/C17H17FN2O2/c1-21-16-7-6-12(9-17(16)22-2)15-10-14(19-20-15)11-4-3-5-13(18)8-11/h3-9,14-15H,10H2,1-2H3. The summed E-state index contributed by atoms with van der Waals surface area (Å²) in [4.78, 5) is 0. The maximum absolute atomic E-state index is 13.3. The van der Waals surface area contributed by atoms with Gasteiger partial charge in [-0.15, -0.1) is 0 Å². The van der Waals surface area contributed by atoms with E-state index in [0.29, 0.717) is 11.5 Å². The fourth-order valence-corrected chi connectivity index (χ4v) is 2.65. The Morgan fingerprint density at radius 1 is 0.909 bits per heavy atom. The van der Waals surface area contributed by atoms with Crippen molar-refractivity contribution in [1.29, 1.82) is 0 Å². The maximum Gasteiger partial charge on any atom is 0.161 e. The SMILES string of the molecule is COc1ccc(C2CC(c3cccc(F)c3)N=N2)cc1OC. The van der Waals surface area contributed by atoms with Gasteiger partial charge in [-0.05, 0) is 35.4 Å². The van der Waals surface area contributed by atoms with Gasteiger partial charge in [0.05, 0.1) is 26.3 Å². The molecule has 0 aliphatic carbocycles. The van der Waals surface area contributed by atoms with Crippen LogP contribution in [0.1, 0.15) is 29.6 Å². The van der Waals surface area contributed by atoms with Gasteiger partial charge in [-0.1, -0.05) is 18.2 Å². The van der Waals surface area contributed by atoms with Crippen LogP contribution in [0.5, 0.6) is 11.5 Å². The maximum atomic E-state index is 13.3. The molecule has 0 spiro atoms. The summed E-state index contributed by atoms with van der Waals surface area (Å²) >= 11 is 0. The van der Waals surface area contributed by atoms with Crippen LogP contribution < -0.4 is 9.47 Å². The van der Waals surface area contributed by atoms with Gasteiger partial charge in [0.25, 0.3) is 0 Å². The highest BCUT2D eigenvalue weighted by molar-refractivity contribution is 5.44. The van der Waals surface area contributed by atoms with Crippen LogP contribution >= 0.6 is 0 Å². The summed E-state index contributed by atoms with van der Waals surface area (Å²) in [7, 11) is 3.21. The molecule has 0 N–H and O–H groups in total. The number of rotatable bonds is 4. The van der Waals surface area contributed by atoms with E-state index in [9.17, 15) is 4.39 Å². The molecule has 0 amide bonds. The highest BCUT2D eigenvalue weighted by atomic mass is 19.1. The molecule has 0 bridgehead atoms. The fraction of sp³-hybridized carbons (Fsp3) is 0.294. The predicted octanol–water partition coefficient (Wildman–Crippen LogP) is 4.48. The van der Waals surface area contributed by atoms with Gasteiger partial charge in [0.1, 0.15) is 5.82 Å². The van der Waals surface area contributed by atoms with E-state index in [1.54, 1.807) is 20.3 Å². The lowest BCUT2D eigenvalue weighted by Gasteiger charge is -2.12. The molecule has 1 aliphatic rings. The van der Waals surface area contributed by atoms with Crippen LogP contribution in [0.4, 0.5) is 4.39 Å². The predicted molar refractivity (Wildman–Crippen MR) is 80.9 cm³/mol. The van der Waals surface area contributed by atoms with Gasteiger partial charge in [-0.3, -0.25) is 0 Å². The quantitative estimate of drug-likeness (QED) is 0.835. The molecule has 0 radical (unpaired) electrons. The molecule has 1 heterocycles. The Kier molecular flexibility index (Phi) is 4.04. The molecule has 5 heteroatoms. The smallest absolute Gasteiger partial charge is 0.161 e. The van der Waals surface area contributed by atoms with E-state index in [-0.39, 0.29) is 17.9 Å². The minimum absolute atomic E-state index is 0.0481. The summed E-state index contributed by atoms with van der Waals surface area (Å²) < 4.78 is 23.9. The Hall–Kier alpha value is -2.43. The summed E-state index contributed by atoms with van der Waals surface area (Å²) in [5.41, 5.74) is 1.87. The molecule has 4 nitrogen and oxygen atoms in total. The Morgan fingerprint density at radius 3 is 2.23 bits per heavy atom. The number of methoxy groups -OCH3 is 2. The minimum atomic E-state index is -0.248. The molecular formula is C17H17FN2O2. The largest absolute Gasteiger partial charge is 0.493 e. The summed E-state index contributed by atoms with van der Waals surface area (Å²) in [6, 6.07) is 12.1. The molecule has 0 fully saturated rings. The van der Waals surface area contributed by atoms with E-state index in [4.69, 9.17) is 9.47 Å². The Bertz CT molecular complexity index is 703. The lowest BCUT2D eigenvalue weighted by atomic mass is 9.97. The molecule has 0 aromatic heterocycles. The van der Waals surface area contributed by atoms with Gasteiger partial charge in [0.2, 0.25) is 0 Å². The van der Waals surface area contributed by atoms with Crippen molar-refractivity contribution in [3.8, 4) is 11.5 Å². The first kappa shape index (κ1) is 14.5. The number of hydrogen-bond acceptors (Lipinski definition) is 4. The second-order valence-corrected chi connectivity index (χ2v) is 5.17. The summed E-state index contributed by atoms with van der Waals surface area (Å²) in [5.74, 6) is 1.11. The zero-order valence-corrected chi connectivity index (χ0v) is 12.5. The van der Waals surface area contributed by atoms with E-state index in [1.807, 2.05) is 24.3 Å². The van der Waals surface area contributed by atoms with Crippen molar-refractivity contribution in [2.24, 2.45) is 10.2 Å². The molecule has 2 unspecified atom stereocenters. The van der Waals surface area contributed by atoms with Crippen molar-refractivity contribution < 1.29 is 13.9 Å². The number of nitrogens with zero attached hydrogens (tertiary/aromatic N) is 2. The average molecular weight is 300 g/mol. The first-order chi connectivity index (χ1) is 10.7. The topological polar surface area (TPSA) is 43.2 Å². The molecule has 22 heavy (non-hydrogen) atoms. The molecule has 0 saturated carbocycles. The third kappa shape index (κ3) is 2.79. The lowest BCUT2D eigenvalue weighted by molar-refractivity contribution is 0.354. The van der Waals surface area contributed by atoms with E-state index in [1.165, 1.54) is 12.1 Å². The number of benzene rings is 2. The van der Waals surface area contributed by atoms with E-state index in [0.717, 1.165) is 17.5 Å². The van der Waals surface area contributed by atoms with Crippen LogP contribution in [-0.2, 0) is 0 Å². The zero-order valence-electron chi connectivity index (χ0n) is 12.5. The fourth-order valence-electron chi connectivity index (χ4n) is 2.65. The Morgan fingerprint density at radius 2 is 1.59 bits per heavy atom. The third-order valence-electron chi connectivity index (χ3n) is 3.82. The van der Waals surface area contributed by atoms with Gasteiger partial charge in [0.15, 0.2) is 11.5 Å². The first-order valence-corrected chi connectivity index (χ1v) is 7.08. The van der Waals surface area contributed by atoms with Gasteiger partial charge in [-0.2, -0.15) is 10.2 Å². The van der Waals surface area contributed by atoms with E-state index in [2.05, 4.69) is 10.2 Å². The van der Waals surface area contributed by atoms with Crippen molar-refractivity contribution in [1.82, 2.24) is 0 Å². The van der Waals surface area contributed by atoms with Gasteiger partial charge >= 0.3 is 0 Å². The highest BCUT2D eigenvalue weighted by Gasteiger charge is 2.25. The van der Waals surface area contributed by atoms with Gasteiger partial charge < -0.3 is 9.47 Å². The molecule has 2 aromatic carbocycles. The molecule has 1 aliphatic heterocycles. The van der Waals surface area contributed by atoms with Crippen molar-refractivity contribution in [2.75, 3.05) is 14.2 Å². The second-order valence-electron chi connectivity index (χ2n) is 5.17. The van der Waals surface area contributed by atoms with Crippen molar-refractivity contribution >= 4 is 0 Å². The highest BCUT2D eigenvalue weighted by Crippen LogP contribution is 2.40. The van der Waals surface area contributed by atoms with Gasteiger partial charge in [0, 0.05) is 6.42 Å². The van der Waals surface area contributed by atoms with Crippen LogP contribution in [0.25, 0.3) is 0 Å². The van der Waals surface area contributed by atoms with Crippen LogP contribution in [0.2, 0.25) is 0 Å². The molecular weight excluding hydrogens is 283 g/mol.